The molecule has 0 saturated heterocycles. The summed E-state index contributed by atoms with van der Waals surface area (Å²) < 4.78 is 6.15. The molecule has 9 nitrogen and oxygen atoms in total. The number of amides is 1. The fourth-order valence-electron chi connectivity index (χ4n) is 1.76. The predicted molar refractivity (Wildman–Crippen MR) is 68.2 cm³/mol. The topological polar surface area (TPSA) is 116 Å². The van der Waals surface area contributed by atoms with Crippen LogP contribution in [0.5, 0.6) is 0 Å². The first-order chi connectivity index (χ1) is 9.38. The second-order valence-corrected chi connectivity index (χ2v) is 4.30. The Morgan fingerprint density at radius 1 is 1.45 bits per heavy atom. The van der Waals surface area contributed by atoms with Gasteiger partial charge in [-0.25, -0.2) is 0 Å². The van der Waals surface area contributed by atoms with Crippen LogP contribution in [-0.2, 0) is 11.3 Å². The third-order valence-corrected chi connectivity index (χ3v) is 2.72. The van der Waals surface area contributed by atoms with E-state index in [1.165, 1.54) is 17.8 Å². The molecule has 0 atom stereocenters. The molecule has 0 spiro atoms. The van der Waals surface area contributed by atoms with Crippen molar-refractivity contribution in [3.05, 3.63) is 33.5 Å². The maximum atomic E-state index is 11.9. The molecule has 1 N–H and O–H groups in total. The van der Waals surface area contributed by atoms with Gasteiger partial charge in [-0.15, -0.1) is 0 Å². The Labute approximate surface area is 113 Å². The van der Waals surface area contributed by atoms with Gasteiger partial charge in [-0.05, 0) is 20.8 Å². The SMILES string of the molecule is Cc1nn(CC(=O)Nc2c(C)noc2C)cc1[N+](=O)[O-]. The molecule has 2 aromatic heterocycles. The van der Waals surface area contributed by atoms with Gasteiger partial charge in [-0.3, -0.25) is 19.6 Å². The summed E-state index contributed by atoms with van der Waals surface area (Å²) in [5.41, 5.74) is 1.22. The Morgan fingerprint density at radius 3 is 2.65 bits per heavy atom. The van der Waals surface area contributed by atoms with Gasteiger partial charge in [0.2, 0.25) is 5.91 Å². The molecule has 2 rings (SSSR count). The number of hydrogen-bond acceptors (Lipinski definition) is 6. The second-order valence-electron chi connectivity index (χ2n) is 4.30. The first kappa shape index (κ1) is 13.7. The van der Waals surface area contributed by atoms with Crippen LogP contribution in [0.3, 0.4) is 0 Å². The average molecular weight is 279 g/mol. The summed E-state index contributed by atoms with van der Waals surface area (Å²) in [5.74, 6) is 0.135. The summed E-state index contributed by atoms with van der Waals surface area (Å²) in [7, 11) is 0. The number of aromatic nitrogens is 3. The number of anilines is 1. The van der Waals surface area contributed by atoms with Crippen molar-refractivity contribution in [2.24, 2.45) is 0 Å². The molecule has 0 bridgehead atoms. The van der Waals surface area contributed by atoms with E-state index in [1.807, 2.05) is 0 Å². The molecule has 2 aromatic rings. The van der Waals surface area contributed by atoms with Crippen molar-refractivity contribution in [2.75, 3.05) is 5.32 Å². The Hall–Kier alpha value is -2.71. The first-order valence-electron chi connectivity index (χ1n) is 5.79. The molecule has 0 aliphatic rings. The number of carbonyl (C=O) groups is 1. The fraction of sp³-hybridized carbons (Fsp3) is 0.364. The van der Waals surface area contributed by atoms with Gasteiger partial charge >= 0.3 is 5.69 Å². The highest BCUT2D eigenvalue weighted by atomic mass is 16.6. The molecular weight excluding hydrogens is 266 g/mol. The highest BCUT2D eigenvalue weighted by Gasteiger charge is 2.18. The van der Waals surface area contributed by atoms with Crippen LogP contribution in [-0.4, -0.2) is 25.8 Å². The van der Waals surface area contributed by atoms with Crippen LogP contribution in [0.25, 0.3) is 0 Å². The highest BCUT2D eigenvalue weighted by Crippen LogP contribution is 2.19. The Balaban J connectivity index is 2.09. The predicted octanol–water partition coefficient (Wildman–Crippen LogP) is 1.34. The maximum absolute atomic E-state index is 11.9. The Bertz CT molecular complexity index is 653. The monoisotopic (exact) mass is 279 g/mol. The number of aryl methyl sites for hydroxylation is 3. The summed E-state index contributed by atoms with van der Waals surface area (Å²) in [6.45, 7) is 4.77. The number of hydrogen-bond donors (Lipinski definition) is 1. The van der Waals surface area contributed by atoms with Gasteiger partial charge < -0.3 is 9.84 Å². The highest BCUT2D eigenvalue weighted by molar-refractivity contribution is 5.91. The zero-order valence-corrected chi connectivity index (χ0v) is 11.2. The molecule has 0 unspecified atom stereocenters. The molecule has 0 radical (unpaired) electrons. The van der Waals surface area contributed by atoms with E-state index < -0.39 is 4.92 Å². The van der Waals surface area contributed by atoms with E-state index in [0.717, 1.165) is 0 Å². The van der Waals surface area contributed by atoms with E-state index in [2.05, 4.69) is 15.6 Å². The van der Waals surface area contributed by atoms with Crippen molar-refractivity contribution in [1.82, 2.24) is 14.9 Å². The van der Waals surface area contributed by atoms with Crippen molar-refractivity contribution >= 4 is 17.3 Å². The van der Waals surface area contributed by atoms with E-state index in [9.17, 15) is 14.9 Å². The van der Waals surface area contributed by atoms with Crippen molar-refractivity contribution < 1.29 is 14.2 Å². The number of rotatable bonds is 4. The van der Waals surface area contributed by atoms with Crippen molar-refractivity contribution in [3.8, 4) is 0 Å². The van der Waals surface area contributed by atoms with Gasteiger partial charge in [0.1, 0.15) is 29.8 Å². The third kappa shape index (κ3) is 2.66. The lowest BCUT2D eigenvalue weighted by Crippen LogP contribution is -2.19. The average Bonchev–Trinajstić information content (AvgIpc) is 2.86. The molecule has 20 heavy (non-hydrogen) atoms. The summed E-state index contributed by atoms with van der Waals surface area (Å²) >= 11 is 0. The van der Waals surface area contributed by atoms with Gasteiger partial charge in [0, 0.05) is 0 Å². The molecule has 9 heteroatoms. The second kappa shape index (κ2) is 5.11. The number of carbonyl (C=O) groups excluding carboxylic acids is 1. The number of nitro groups is 1. The molecule has 1 amide bonds. The fourth-order valence-corrected chi connectivity index (χ4v) is 1.76. The van der Waals surface area contributed by atoms with E-state index >= 15 is 0 Å². The molecule has 2 heterocycles. The van der Waals surface area contributed by atoms with Crippen LogP contribution < -0.4 is 5.32 Å². The van der Waals surface area contributed by atoms with E-state index in [0.29, 0.717) is 17.1 Å². The zero-order valence-electron chi connectivity index (χ0n) is 11.2. The molecule has 0 aromatic carbocycles. The van der Waals surface area contributed by atoms with Crippen LogP contribution in [0.4, 0.5) is 11.4 Å². The smallest absolute Gasteiger partial charge is 0.309 e. The van der Waals surface area contributed by atoms with Crippen LogP contribution in [0.15, 0.2) is 10.7 Å². The molecular formula is C11H13N5O4. The van der Waals surface area contributed by atoms with E-state index in [-0.39, 0.29) is 23.8 Å². The van der Waals surface area contributed by atoms with Gasteiger partial charge in [-0.1, -0.05) is 5.16 Å². The number of nitrogens with one attached hydrogen (secondary N) is 1. The first-order valence-corrected chi connectivity index (χ1v) is 5.79. The Morgan fingerprint density at radius 2 is 2.15 bits per heavy atom. The lowest BCUT2D eigenvalue weighted by molar-refractivity contribution is -0.385. The minimum Gasteiger partial charge on any atom is -0.359 e. The standard InChI is InChI=1S/C11H13N5O4/c1-6-9(16(18)19)4-15(13-6)5-10(17)12-11-7(2)14-20-8(11)3/h4H,5H2,1-3H3,(H,12,17). The molecule has 0 fully saturated rings. The van der Waals surface area contributed by atoms with Crippen LogP contribution in [0.1, 0.15) is 17.1 Å². The van der Waals surface area contributed by atoms with Gasteiger partial charge in [-0.2, -0.15) is 5.10 Å². The molecule has 106 valence electrons. The molecule has 0 aliphatic heterocycles. The zero-order chi connectivity index (χ0) is 14.9. The summed E-state index contributed by atoms with van der Waals surface area (Å²) in [6, 6.07) is 0. The third-order valence-electron chi connectivity index (χ3n) is 2.72. The normalized spacial score (nSPS) is 10.6. The van der Waals surface area contributed by atoms with E-state index in [4.69, 9.17) is 4.52 Å². The van der Waals surface area contributed by atoms with Crippen molar-refractivity contribution in [3.63, 3.8) is 0 Å². The summed E-state index contributed by atoms with van der Waals surface area (Å²) in [4.78, 5) is 22.0. The van der Waals surface area contributed by atoms with Crippen LogP contribution in [0.2, 0.25) is 0 Å². The molecule has 0 saturated carbocycles. The summed E-state index contributed by atoms with van der Waals surface area (Å²) in [6.07, 6.45) is 1.22. The largest absolute Gasteiger partial charge is 0.359 e. The number of nitrogens with zero attached hydrogens (tertiary/aromatic N) is 4. The van der Waals surface area contributed by atoms with Gasteiger partial charge in [0.05, 0.1) is 4.92 Å². The van der Waals surface area contributed by atoms with Crippen molar-refractivity contribution in [1.29, 1.82) is 0 Å². The van der Waals surface area contributed by atoms with Gasteiger partial charge in [0.15, 0.2) is 5.76 Å². The molecule has 0 aliphatic carbocycles. The van der Waals surface area contributed by atoms with Gasteiger partial charge in [0.25, 0.3) is 0 Å². The lowest BCUT2D eigenvalue weighted by Gasteiger charge is -2.03. The van der Waals surface area contributed by atoms with Crippen LogP contribution in [0, 0.1) is 30.9 Å². The van der Waals surface area contributed by atoms with Crippen LogP contribution >= 0.6 is 0 Å². The maximum Gasteiger partial charge on any atom is 0.309 e. The minimum atomic E-state index is -0.537. The quantitative estimate of drug-likeness (QED) is 0.666. The van der Waals surface area contributed by atoms with Crippen molar-refractivity contribution in [2.45, 2.75) is 27.3 Å². The van der Waals surface area contributed by atoms with E-state index in [1.54, 1.807) is 13.8 Å². The minimum absolute atomic E-state index is 0.116. The Kier molecular flexibility index (Phi) is 3.51. The lowest BCUT2D eigenvalue weighted by atomic mass is 10.3. The summed E-state index contributed by atoms with van der Waals surface area (Å²) in [5, 5.41) is 21.0.